The summed E-state index contributed by atoms with van der Waals surface area (Å²) >= 11 is 0. The van der Waals surface area contributed by atoms with Gasteiger partial charge in [0.15, 0.2) is 0 Å². The first kappa shape index (κ1) is 11.2. The van der Waals surface area contributed by atoms with Crippen LogP contribution in [0.4, 0.5) is 0 Å². The van der Waals surface area contributed by atoms with Gasteiger partial charge in [-0.2, -0.15) is 0 Å². The van der Waals surface area contributed by atoms with Crippen LogP contribution in [0, 0.1) is 10.1 Å². The molecule has 0 spiro atoms. The van der Waals surface area contributed by atoms with Crippen LogP contribution in [0.3, 0.4) is 0 Å². The van der Waals surface area contributed by atoms with Gasteiger partial charge in [-0.3, -0.25) is 0 Å². The first-order chi connectivity index (χ1) is 5.56. The summed E-state index contributed by atoms with van der Waals surface area (Å²) in [4.78, 5) is 14.2. The molecule has 0 amide bonds. The summed E-state index contributed by atoms with van der Waals surface area (Å²) < 4.78 is 4.98. The van der Waals surface area contributed by atoms with Crippen LogP contribution in [0.1, 0.15) is 26.7 Å². The Kier molecular flexibility index (Phi) is 5.36. The maximum Gasteiger partial charge on any atom is 0.294 e. The molecule has 72 valence electrons. The Bertz CT molecular complexity index is 139. The molecule has 5 heteroatoms. The summed E-state index contributed by atoms with van der Waals surface area (Å²) in [5.74, 6) is 0. The van der Waals surface area contributed by atoms with Crippen LogP contribution >= 0.6 is 0 Å². The normalized spacial score (nSPS) is 15.2. The van der Waals surface area contributed by atoms with Crippen molar-refractivity contribution in [1.82, 2.24) is 0 Å². The fourth-order valence-corrected chi connectivity index (χ4v) is 0.787. The number of hydrogen-bond acceptors (Lipinski definition) is 4. The third-order valence-electron chi connectivity index (χ3n) is 1.65. The molecule has 0 aliphatic carbocycles. The highest BCUT2D eigenvalue weighted by Crippen LogP contribution is 2.06. The van der Waals surface area contributed by atoms with Gasteiger partial charge < -0.3 is 9.57 Å². The molecule has 0 heterocycles. The van der Waals surface area contributed by atoms with Gasteiger partial charge in [0.2, 0.25) is 0 Å². The fraction of sp³-hybridized carbons (Fsp3) is 1.00. The predicted octanol–water partition coefficient (Wildman–Crippen LogP) is 1.40. The van der Waals surface area contributed by atoms with Crippen LogP contribution in [-0.2, 0) is 9.57 Å². The molecule has 0 saturated carbocycles. The molecule has 0 aliphatic heterocycles. The largest absolute Gasteiger partial charge is 0.382 e. The summed E-state index contributed by atoms with van der Waals surface area (Å²) in [5, 5.41) is 9.11. The zero-order valence-electron chi connectivity index (χ0n) is 7.65. The van der Waals surface area contributed by atoms with Gasteiger partial charge in [-0.1, -0.05) is 0 Å². The minimum absolute atomic E-state index is 0.128. The van der Waals surface area contributed by atoms with Crippen molar-refractivity contribution in [2.24, 2.45) is 0 Å². The highest BCUT2D eigenvalue weighted by Gasteiger charge is 2.08. The number of ether oxygens (including phenoxy) is 1. The van der Waals surface area contributed by atoms with Gasteiger partial charge in [-0.25, -0.2) is 0 Å². The van der Waals surface area contributed by atoms with E-state index in [0.717, 1.165) is 6.42 Å². The molecule has 0 aromatic carbocycles. The Hall–Kier alpha value is -0.840. The van der Waals surface area contributed by atoms with E-state index in [1.165, 1.54) is 0 Å². The average Bonchev–Trinajstić information content (AvgIpc) is 1.99. The maximum absolute atomic E-state index is 9.88. The molecule has 5 nitrogen and oxygen atoms in total. The van der Waals surface area contributed by atoms with E-state index < -0.39 is 5.09 Å². The van der Waals surface area contributed by atoms with E-state index in [9.17, 15) is 10.1 Å². The van der Waals surface area contributed by atoms with Crippen LogP contribution in [0.2, 0.25) is 0 Å². The molecule has 0 fully saturated rings. The summed E-state index contributed by atoms with van der Waals surface area (Å²) in [6.45, 7) is 3.59. The van der Waals surface area contributed by atoms with Crippen molar-refractivity contribution >= 4 is 0 Å². The topological polar surface area (TPSA) is 61.6 Å². The molecule has 0 bridgehead atoms. The second-order valence-electron chi connectivity index (χ2n) is 2.76. The molecule has 12 heavy (non-hydrogen) atoms. The number of nitrogens with zero attached hydrogens (tertiary/aromatic N) is 1. The van der Waals surface area contributed by atoms with Crippen molar-refractivity contribution in [1.29, 1.82) is 0 Å². The Morgan fingerprint density at radius 1 is 1.33 bits per heavy atom. The minimum Gasteiger partial charge on any atom is -0.382 e. The van der Waals surface area contributed by atoms with Gasteiger partial charge in [-0.05, 0) is 26.7 Å². The molecule has 0 saturated heterocycles. The molecule has 0 aliphatic rings. The van der Waals surface area contributed by atoms with Crippen LogP contribution in [-0.4, -0.2) is 24.4 Å². The summed E-state index contributed by atoms with van der Waals surface area (Å²) in [7, 11) is 1.61. The third-order valence-corrected chi connectivity index (χ3v) is 1.65. The molecule has 0 aromatic rings. The van der Waals surface area contributed by atoms with Crippen molar-refractivity contribution in [2.45, 2.75) is 38.9 Å². The van der Waals surface area contributed by atoms with Crippen molar-refractivity contribution in [3.8, 4) is 0 Å². The fourth-order valence-electron chi connectivity index (χ4n) is 0.787. The van der Waals surface area contributed by atoms with E-state index >= 15 is 0 Å². The van der Waals surface area contributed by atoms with Crippen molar-refractivity contribution in [2.75, 3.05) is 7.11 Å². The Balaban J connectivity index is 3.43. The molecule has 2 atom stereocenters. The van der Waals surface area contributed by atoms with Gasteiger partial charge in [-0.15, -0.1) is 10.1 Å². The lowest BCUT2D eigenvalue weighted by molar-refractivity contribution is -0.767. The zero-order chi connectivity index (χ0) is 9.56. The van der Waals surface area contributed by atoms with E-state index in [4.69, 9.17) is 4.74 Å². The quantitative estimate of drug-likeness (QED) is 0.454. The smallest absolute Gasteiger partial charge is 0.294 e. The monoisotopic (exact) mass is 177 g/mol. The van der Waals surface area contributed by atoms with Gasteiger partial charge in [0, 0.05) is 7.11 Å². The Labute approximate surface area is 71.8 Å². The van der Waals surface area contributed by atoms with Crippen molar-refractivity contribution < 1.29 is 14.7 Å². The molecular weight excluding hydrogens is 162 g/mol. The number of methoxy groups -OCH3 is 1. The second-order valence-corrected chi connectivity index (χ2v) is 2.76. The number of rotatable bonds is 6. The summed E-state index contributed by atoms with van der Waals surface area (Å²) in [5.41, 5.74) is 0. The SMILES string of the molecule is COC(C)CCC(C)O[N+](=O)[O-]. The lowest BCUT2D eigenvalue weighted by atomic mass is 10.1. The molecule has 0 aromatic heterocycles. The zero-order valence-corrected chi connectivity index (χ0v) is 7.65. The van der Waals surface area contributed by atoms with Gasteiger partial charge in [0.25, 0.3) is 5.09 Å². The lowest BCUT2D eigenvalue weighted by Gasteiger charge is -2.12. The van der Waals surface area contributed by atoms with E-state index in [0.29, 0.717) is 6.42 Å². The Morgan fingerprint density at radius 2 is 1.83 bits per heavy atom. The predicted molar refractivity (Wildman–Crippen MR) is 43.2 cm³/mol. The molecular formula is C7H15NO4. The standard InChI is InChI=1S/C7H15NO4/c1-6(11-3)4-5-7(2)12-8(9)10/h6-7H,4-5H2,1-3H3. The van der Waals surface area contributed by atoms with Crippen LogP contribution < -0.4 is 0 Å². The summed E-state index contributed by atoms with van der Waals surface area (Å²) in [6, 6.07) is 0. The average molecular weight is 177 g/mol. The third kappa shape index (κ3) is 5.91. The molecule has 2 unspecified atom stereocenters. The van der Waals surface area contributed by atoms with Crippen molar-refractivity contribution in [3.63, 3.8) is 0 Å². The van der Waals surface area contributed by atoms with E-state index in [1.54, 1.807) is 14.0 Å². The van der Waals surface area contributed by atoms with E-state index in [2.05, 4.69) is 4.84 Å². The maximum atomic E-state index is 9.88. The van der Waals surface area contributed by atoms with Gasteiger partial charge in [0.05, 0.1) is 6.10 Å². The highest BCUT2D eigenvalue weighted by molar-refractivity contribution is 4.54. The van der Waals surface area contributed by atoms with Crippen LogP contribution in [0.15, 0.2) is 0 Å². The van der Waals surface area contributed by atoms with E-state index in [-0.39, 0.29) is 12.2 Å². The molecule has 0 N–H and O–H groups in total. The summed E-state index contributed by atoms with van der Waals surface area (Å²) in [6.07, 6.45) is 1.18. The first-order valence-electron chi connectivity index (χ1n) is 3.90. The Morgan fingerprint density at radius 3 is 2.25 bits per heavy atom. The van der Waals surface area contributed by atoms with Crippen molar-refractivity contribution in [3.05, 3.63) is 10.1 Å². The molecule has 0 rings (SSSR count). The lowest BCUT2D eigenvalue weighted by Crippen LogP contribution is -2.16. The number of hydrogen-bond donors (Lipinski definition) is 0. The minimum atomic E-state index is -0.762. The second kappa shape index (κ2) is 5.77. The highest BCUT2D eigenvalue weighted by atomic mass is 17.0. The molecule has 0 radical (unpaired) electrons. The first-order valence-corrected chi connectivity index (χ1v) is 3.90. The van der Waals surface area contributed by atoms with Gasteiger partial charge in [0.1, 0.15) is 6.10 Å². The van der Waals surface area contributed by atoms with E-state index in [1.807, 2.05) is 6.92 Å². The van der Waals surface area contributed by atoms with Gasteiger partial charge >= 0.3 is 0 Å². The van der Waals surface area contributed by atoms with Crippen LogP contribution in [0.25, 0.3) is 0 Å². The van der Waals surface area contributed by atoms with Crippen LogP contribution in [0.5, 0.6) is 0 Å².